The zero-order valence-electron chi connectivity index (χ0n) is 17.2. The van der Waals surface area contributed by atoms with E-state index in [-0.39, 0.29) is 23.8 Å². The minimum absolute atomic E-state index is 0.0000721. The summed E-state index contributed by atoms with van der Waals surface area (Å²) < 4.78 is 5.76. The molecule has 0 heterocycles. The van der Waals surface area contributed by atoms with Crippen molar-refractivity contribution < 1.29 is 19.1 Å². The fraction of sp³-hybridized carbons (Fsp3) is 0.591. The molecule has 4 rings (SSSR count). The number of hydrogen-bond acceptors (Lipinski definition) is 5. The highest BCUT2D eigenvalue weighted by Crippen LogP contribution is 2.50. The molecule has 1 aromatic rings. The molecule has 0 radical (unpaired) electrons. The highest BCUT2D eigenvalue weighted by molar-refractivity contribution is 5.90. The van der Waals surface area contributed by atoms with Crippen molar-refractivity contribution in [3.05, 3.63) is 35.9 Å². The van der Waals surface area contributed by atoms with Crippen LogP contribution in [0.15, 0.2) is 30.3 Å². The number of primary amides is 1. The summed E-state index contributed by atoms with van der Waals surface area (Å²) in [7, 11) is 3.98. The zero-order valence-corrected chi connectivity index (χ0v) is 17.2. The van der Waals surface area contributed by atoms with Crippen molar-refractivity contribution in [3.8, 4) is 0 Å². The third-order valence-corrected chi connectivity index (χ3v) is 6.22. The Morgan fingerprint density at radius 1 is 1.14 bits per heavy atom. The van der Waals surface area contributed by atoms with Gasteiger partial charge in [0.25, 0.3) is 0 Å². The molecule has 5 atom stereocenters. The van der Waals surface area contributed by atoms with Crippen LogP contribution >= 0.6 is 0 Å². The number of rotatable bonds is 8. The van der Waals surface area contributed by atoms with E-state index in [4.69, 9.17) is 10.5 Å². The Morgan fingerprint density at radius 3 is 2.52 bits per heavy atom. The second-order valence-electron chi connectivity index (χ2n) is 8.45. The SMILES string of the molecule is CN(C)CCCNC(=O)C1C2CCC(C(OC(=O)c3ccccc3)C2)C1C(N)=O. The number of carbonyl (C=O) groups excluding carboxylic acids is 3. The first kappa shape index (κ1) is 21.3. The number of hydrogen-bond donors (Lipinski definition) is 2. The van der Waals surface area contributed by atoms with Crippen LogP contribution in [0, 0.1) is 23.7 Å². The summed E-state index contributed by atoms with van der Waals surface area (Å²) in [5, 5.41) is 2.98. The lowest BCUT2D eigenvalue weighted by atomic mass is 9.56. The van der Waals surface area contributed by atoms with E-state index in [1.807, 2.05) is 20.2 Å². The third kappa shape index (κ3) is 4.96. The van der Waals surface area contributed by atoms with Crippen molar-refractivity contribution in [2.75, 3.05) is 27.2 Å². The molecule has 5 unspecified atom stereocenters. The van der Waals surface area contributed by atoms with Crippen molar-refractivity contribution in [3.63, 3.8) is 0 Å². The number of nitrogens with two attached hydrogens (primary N) is 1. The highest BCUT2D eigenvalue weighted by atomic mass is 16.5. The molecule has 3 saturated carbocycles. The predicted octanol–water partition coefficient (Wildman–Crippen LogP) is 1.43. The Hall–Kier alpha value is -2.41. The first-order valence-corrected chi connectivity index (χ1v) is 10.4. The molecule has 0 aromatic heterocycles. The van der Waals surface area contributed by atoms with Gasteiger partial charge in [-0.2, -0.15) is 0 Å². The van der Waals surface area contributed by atoms with E-state index in [2.05, 4.69) is 10.2 Å². The number of benzene rings is 1. The number of ether oxygens (including phenoxy) is 1. The summed E-state index contributed by atoms with van der Waals surface area (Å²) in [6.07, 6.45) is 2.66. The third-order valence-electron chi connectivity index (χ3n) is 6.22. The molecule has 0 saturated heterocycles. The Morgan fingerprint density at radius 2 is 1.86 bits per heavy atom. The maximum Gasteiger partial charge on any atom is 0.338 e. The standard InChI is InChI=1S/C22H31N3O4/c1-25(2)12-6-11-24-21(27)18-15-9-10-16(19(18)20(23)26)17(13-15)29-22(28)14-7-4-3-5-8-14/h3-5,7-8,15-19H,6,9-13H2,1-2H3,(H2,23,26)(H,24,27). The van der Waals surface area contributed by atoms with Gasteiger partial charge in [-0.15, -0.1) is 0 Å². The highest BCUT2D eigenvalue weighted by Gasteiger charge is 2.54. The van der Waals surface area contributed by atoms with E-state index in [0.29, 0.717) is 18.5 Å². The lowest BCUT2D eigenvalue weighted by Gasteiger charge is -2.49. The molecular weight excluding hydrogens is 370 g/mol. The van der Waals surface area contributed by atoms with Gasteiger partial charge in [0, 0.05) is 12.5 Å². The van der Waals surface area contributed by atoms with Crippen molar-refractivity contribution in [2.45, 2.75) is 31.8 Å². The fourth-order valence-corrected chi connectivity index (χ4v) is 4.89. The minimum atomic E-state index is -0.593. The van der Waals surface area contributed by atoms with E-state index < -0.39 is 23.7 Å². The van der Waals surface area contributed by atoms with E-state index in [1.54, 1.807) is 24.3 Å². The van der Waals surface area contributed by atoms with Crippen LogP contribution in [-0.2, 0) is 14.3 Å². The number of nitrogens with one attached hydrogen (secondary N) is 1. The van der Waals surface area contributed by atoms with Gasteiger partial charge in [-0.25, -0.2) is 4.79 Å². The van der Waals surface area contributed by atoms with Crippen LogP contribution in [0.25, 0.3) is 0 Å². The summed E-state index contributed by atoms with van der Waals surface area (Å²) in [5.41, 5.74) is 6.20. The van der Waals surface area contributed by atoms with Crippen molar-refractivity contribution in [2.24, 2.45) is 29.4 Å². The maximum atomic E-state index is 12.9. The zero-order chi connectivity index (χ0) is 21.0. The molecule has 3 aliphatic carbocycles. The normalized spacial score (nSPS) is 28.2. The summed E-state index contributed by atoms with van der Waals surface area (Å²) in [5.74, 6) is -2.20. The van der Waals surface area contributed by atoms with E-state index in [9.17, 15) is 14.4 Å². The van der Waals surface area contributed by atoms with Crippen LogP contribution in [0.3, 0.4) is 0 Å². The molecule has 2 amide bonds. The summed E-state index contributed by atoms with van der Waals surface area (Å²) >= 11 is 0. The molecule has 158 valence electrons. The molecule has 3 aliphatic rings. The predicted molar refractivity (Wildman–Crippen MR) is 109 cm³/mol. The summed E-state index contributed by atoms with van der Waals surface area (Å²) in [6, 6.07) is 8.82. The van der Waals surface area contributed by atoms with Gasteiger partial charge in [-0.3, -0.25) is 9.59 Å². The molecule has 3 N–H and O–H groups in total. The van der Waals surface area contributed by atoms with Gasteiger partial charge >= 0.3 is 5.97 Å². The fourth-order valence-electron chi connectivity index (χ4n) is 4.89. The van der Waals surface area contributed by atoms with Crippen LogP contribution in [0.1, 0.15) is 36.0 Å². The van der Waals surface area contributed by atoms with Crippen LogP contribution < -0.4 is 11.1 Å². The average molecular weight is 402 g/mol. The minimum Gasteiger partial charge on any atom is -0.458 e. The van der Waals surface area contributed by atoms with Gasteiger partial charge in [0.2, 0.25) is 11.8 Å². The van der Waals surface area contributed by atoms with Crippen LogP contribution in [0.2, 0.25) is 0 Å². The Balaban J connectivity index is 1.66. The topological polar surface area (TPSA) is 102 Å². The summed E-state index contributed by atoms with van der Waals surface area (Å²) in [4.78, 5) is 39.7. The average Bonchev–Trinajstić information content (AvgIpc) is 2.71. The van der Waals surface area contributed by atoms with Crippen LogP contribution in [0.4, 0.5) is 0 Å². The van der Waals surface area contributed by atoms with E-state index >= 15 is 0 Å². The molecule has 3 fully saturated rings. The molecule has 29 heavy (non-hydrogen) atoms. The van der Waals surface area contributed by atoms with Gasteiger partial charge < -0.3 is 20.7 Å². The first-order valence-electron chi connectivity index (χ1n) is 10.4. The molecule has 1 aromatic carbocycles. The number of nitrogens with zero attached hydrogens (tertiary/aromatic N) is 1. The Kier molecular flexibility index (Phi) is 6.90. The number of esters is 1. The van der Waals surface area contributed by atoms with Crippen molar-refractivity contribution >= 4 is 17.8 Å². The Bertz CT molecular complexity index is 737. The second-order valence-corrected chi connectivity index (χ2v) is 8.45. The van der Waals surface area contributed by atoms with Crippen LogP contribution in [-0.4, -0.2) is 56.0 Å². The molecule has 2 bridgehead atoms. The molecule has 0 spiro atoms. The molecule has 7 heteroatoms. The Labute approximate surface area is 172 Å². The quantitative estimate of drug-likeness (QED) is 0.507. The molecule has 7 nitrogen and oxygen atoms in total. The van der Waals surface area contributed by atoms with Gasteiger partial charge in [0.1, 0.15) is 6.10 Å². The lowest BCUT2D eigenvalue weighted by molar-refractivity contribution is -0.153. The van der Waals surface area contributed by atoms with E-state index in [0.717, 1.165) is 25.8 Å². The maximum absolute atomic E-state index is 12.9. The van der Waals surface area contributed by atoms with E-state index in [1.165, 1.54) is 0 Å². The first-order chi connectivity index (χ1) is 13.9. The molecule has 0 aliphatic heterocycles. The van der Waals surface area contributed by atoms with Gasteiger partial charge in [0.15, 0.2) is 0 Å². The second kappa shape index (κ2) is 9.39. The number of carbonyl (C=O) groups is 3. The number of fused-ring (bicyclic) bond motifs is 3. The van der Waals surface area contributed by atoms with Gasteiger partial charge in [-0.05, 0) is 64.4 Å². The van der Waals surface area contributed by atoms with Crippen molar-refractivity contribution in [1.82, 2.24) is 10.2 Å². The van der Waals surface area contributed by atoms with Gasteiger partial charge in [-0.1, -0.05) is 18.2 Å². The summed E-state index contributed by atoms with van der Waals surface area (Å²) in [6.45, 7) is 1.45. The lowest BCUT2D eigenvalue weighted by Crippen LogP contribution is -2.57. The van der Waals surface area contributed by atoms with Crippen molar-refractivity contribution in [1.29, 1.82) is 0 Å². The largest absolute Gasteiger partial charge is 0.458 e. The number of amides is 2. The molecular formula is C22H31N3O4. The van der Waals surface area contributed by atoms with Gasteiger partial charge in [0.05, 0.1) is 17.4 Å². The smallest absolute Gasteiger partial charge is 0.338 e. The van der Waals surface area contributed by atoms with Crippen LogP contribution in [0.5, 0.6) is 0 Å². The monoisotopic (exact) mass is 401 g/mol.